The lowest BCUT2D eigenvalue weighted by molar-refractivity contribution is -0.164. The van der Waals surface area contributed by atoms with E-state index >= 15 is 0 Å². The molecule has 9 aliphatic rings. The van der Waals surface area contributed by atoms with Gasteiger partial charge in [0.2, 0.25) is 0 Å². The monoisotopic (exact) mass is 1120 g/mol. The topological polar surface area (TPSA) is 127 Å². The number of aromatic hydroxyl groups is 1. The van der Waals surface area contributed by atoms with Gasteiger partial charge in [0.05, 0.1) is 31.0 Å². The lowest BCUT2D eigenvalue weighted by Gasteiger charge is -2.73. The van der Waals surface area contributed by atoms with Crippen molar-refractivity contribution < 1.29 is 35.1 Å². The largest absolute Gasteiger partial charge is 0.516 e. The van der Waals surface area contributed by atoms with Gasteiger partial charge in [-0.25, -0.2) is 0 Å². The second-order valence-electron chi connectivity index (χ2n) is 28.7. The van der Waals surface area contributed by atoms with Gasteiger partial charge in [-0.2, -0.15) is 0 Å². The maximum Gasteiger partial charge on any atom is 0.306 e. The van der Waals surface area contributed by atoms with E-state index in [1.165, 1.54) is 63.8 Å². The number of phenols is 1. The fourth-order valence-corrected chi connectivity index (χ4v) is 21.3. The van der Waals surface area contributed by atoms with Crippen molar-refractivity contribution in [3.8, 4) is 16.9 Å². The van der Waals surface area contributed by atoms with Gasteiger partial charge in [0.15, 0.2) is 0 Å². The zero-order valence-corrected chi connectivity index (χ0v) is 50.0. The van der Waals surface area contributed by atoms with Crippen molar-refractivity contribution in [2.75, 3.05) is 13.7 Å². The number of hydrogen-bond acceptors (Lipinski definition) is 6. The van der Waals surface area contributed by atoms with Crippen molar-refractivity contribution in [3.05, 3.63) is 171 Å². The number of fused-ring (bicyclic) bond motifs is 4. The van der Waals surface area contributed by atoms with Crippen LogP contribution in [0.25, 0.3) is 22.8 Å². The highest BCUT2D eigenvalue weighted by Gasteiger charge is 2.76. The van der Waals surface area contributed by atoms with Gasteiger partial charge in [0, 0.05) is 40.6 Å². The van der Waals surface area contributed by atoms with E-state index < -0.39 is 46.3 Å². The highest BCUT2D eigenvalue weighted by molar-refractivity contribution is 5.77. The van der Waals surface area contributed by atoms with E-state index in [-0.39, 0.29) is 40.3 Å². The summed E-state index contributed by atoms with van der Waals surface area (Å²) in [4.78, 5) is 14.3. The van der Waals surface area contributed by atoms with Crippen LogP contribution in [0.4, 0.5) is 0 Å². The molecular formula is C76H92O7. The average Bonchev–Trinajstić information content (AvgIpc) is 1.54. The molecule has 7 nitrogen and oxygen atoms in total. The third-order valence-electron chi connectivity index (χ3n) is 24.9. The number of ether oxygens (including phenoxy) is 1. The van der Waals surface area contributed by atoms with Crippen LogP contribution in [0.15, 0.2) is 144 Å². The van der Waals surface area contributed by atoms with Crippen molar-refractivity contribution in [2.45, 2.75) is 168 Å². The standard InChI is InChI=1S/C76H92O7/c1-48(53-13-6-5-7-14-53)57(47-77)26-31-61(70(81)82)69-67(79)46-76(58-27-22-51(23-28-58)40-50-20-18-49(19-21-50)34-39-83-4)66-45-74-36-11-35-72(2)68(80)33-38-75(71(72)74,64(66)32-37-73(69,76)3)65-43-56-15-8-9-17-60(56)62(63(65)44-74)42-52-12-10-16-55(41-52)54-24-29-59(78)30-25-54/h8-12,15-21,24-25,29-30,36,41,43-44,47-48,51,53,58,61,65,67-69,71,77-80H,5-7,13-14,22-23,26-28,31-35,37-40,42,45-46H2,1-4H3,(H,81,82). The van der Waals surface area contributed by atoms with Crippen LogP contribution in [0.1, 0.15) is 153 Å². The highest BCUT2D eigenvalue weighted by Crippen LogP contribution is 2.82. The van der Waals surface area contributed by atoms with Gasteiger partial charge < -0.3 is 30.3 Å². The second kappa shape index (κ2) is 22.1. The Morgan fingerprint density at radius 2 is 1.58 bits per heavy atom. The molecule has 0 spiro atoms. The summed E-state index contributed by atoms with van der Waals surface area (Å²) in [6.07, 6.45) is 30.0. The van der Waals surface area contributed by atoms with E-state index in [4.69, 9.17) is 4.74 Å². The number of aliphatic carboxylic acids is 1. The molecule has 12 atom stereocenters. The average molecular weight is 1120 g/mol. The van der Waals surface area contributed by atoms with Gasteiger partial charge in [-0.1, -0.05) is 160 Å². The quantitative estimate of drug-likeness (QED) is 0.0559. The van der Waals surface area contributed by atoms with Crippen molar-refractivity contribution in [3.63, 3.8) is 0 Å². The van der Waals surface area contributed by atoms with Gasteiger partial charge >= 0.3 is 5.97 Å². The molecule has 0 amide bonds. The molecule has 0 aromatic heterocycles. The number of carboxylic acids is 1. The molecule has 438 valence electrons. The number of methoxy groups -OCH3 is 1. The van der Waals surface area contributed by atoms with E-state index in [9.17, 15) is 30.3 Å². The molecule has 4 fully saturated rings. The van der Waals surface area contributed by atoms with Crippen LogP contribution in [0, 0.1) is 74.4 Å². The lowest BCUT2D eigenvalue weighted by atomic mass is 9.30. The number of aliphatic hydroxyl groups is 3. The van der Waals surface area contributed by atoms with E-state index in [1.807, 2.05) is 12.1 Å². The molecule has 0 radical (unpaired) electrons. The molecule has 4 saturated carbocycles. The molecule has 83 heavy (non-hydrogen) atoms. The summed E-state index contributed by atoms with van der Waals surface area (Å²) in [6, 6.07) is 34.7. The van der Waals surface area contributed by atoms with Crippen LogP contribution in [0.2, 0.25) is 0 Å². The number of phenolic OH excluding ortho intramolecular Hbond substituents is 1. The molecule has 5 N–H and O–H groups in total. The number of allylic oxidation sites excluding steroid dienone is 7. The van der Waals surface area contributed by atoms with Crippen LogP contribution >= 0.6 is 0 Å². The minimum Gasteiger partial charge on any atom is -0.516 e. The number of aliphatic hydroxyl groups excluding tert-OH is 3. The first-order chi connectivity index (χ1) is 40.2. The summed E-state index contributed by atoms with van der Waals surface area (Å²) in [5.41, 5.74) is 11.1. The Labute approximate surface area is 494 Å². The molecule has 9 aliphatic carbocycles. The zero-order chi connectivity index (χ0) is 57.5. The third kappa shape index (κ3) is 9.24. The first-order valence-electron chi connectivity index (χ1n) is 32.5. The number of carbonyl (C=O) groups is 1. The predicted molar refractivity (Wildman–Crippen MR) is 331 cm³/mol. The van der Waals surface area contributed by atoms with Crippen molar-refractivity contribution in [1.82, 2.24) is 0 Å². The molecule has 2 bridgehead atoms. The predicted octanol–water partition coefficient (Wildman–Crippen LogP) is 14.8. The second-order valence-corrected chi connectivity index (χ2v) is 28.7. The summed E-state index contributed by atoms with van der Waals surface area (Å²) in [6.45, 7) is 7.84. The van der Waals surface area contributed by atoms with Crippen molar-refractivity contribution in [1.29, 1.82) is 0 Å². The Bertz CT molecular complexity index is 3350. The molecule has 4 aromatic rings. The maximum atomic E-state index is 14.3. The molecule has 13 rings (SSSR count). The minimum absolute atomic E-state index is 0.0659. The Morgan fingerprint density at radius 1 is 0.819 bits per heavy atom. The zero-order valence-electron chi connectivity index (χ0n) is 50.0. The fourth-order valence-electron chi connectivity index (χ4n) is 21.3. The van der Waals surface area contributed by atoms with Crippen LogP contribution in [0.5, 0.6) is 5.75 Å². The molecule has 12 unspecified atom stereocenters. The first-order valence-corrected chi connectivity index (χ1v) is 32.5. The summed E-state index contributed by atoms with van der Waals surface area (Å²) in [5.74, 6) is -0.0184. The normalized spacial score (nSPS) is 35.2. The highest BCUT2D eigenvalue weighted by atomic mass is 16.5. The number of rotatable bonds is 16. The van der Waals surface area contributed by atoms with Crippen molar-refractivity contribution >= 4 is 17.6 Å². The maximum absolute atomic E-state index is 14.3. The number of hydrogen-bond donors (Lipinski definition) is 5. The fraction of sp³-hybridized carbons (Fsp3) is 0.539. The smallest absolute Gasteiger partial charge is 0.306 e. The Morgan fingerprint density at radius 3 is 2.33 bits per heavy atom. The van der Waals surface area contributed by atoms with E-state index in [2.05, 4.69) is 118 Å². The Hall–Kier alpha value is -5.47. The molecule has 0 aliphatic heterocycles. The van der Waals surface area contributed by atoms with Gasteiger partial charge in [-0.15, -0.1) is 0 Å². The van der Waals surface area contributed by atoms with Crippen LogP contribution in [-0.2, 0) is 28.8 Å². The third-order valence-corrected chi connectivity index (χ3v) is 24.9. The van der Waals surface area contributed by atoms with E-state index in [1.54, 1.807) is 30.4 Å². The summed E-state index contributed by atoms with van der Waals surface area (Å²) >= 11 is 0. The number of benzene rings is 4. The minimum atomic E-state index is -0.810. The molecule has 0 heterocycles. The van der Waals surface area contributed by atoms with Crippen LogP contribution < -0.4 is 10.4 Å². The first kappa shape index (κ1) is 56.6. The Kier molecular flexibility index (Phi) is 15.1. The summed E-state index contributed by atoms with van der Waals surface area (Å²) in [5, 5.41) is 61.3. The summed E-state index contributed by atoms with van der Waals surface area (Å²) < 4.78 is 5.39. The van der Waals surface area contributed by atoms with Gasteiger partial charge in [-0.05, 0) is 218 Å². The molecular weight excluding hydrogens is 1020 g/mol. The van der Waals surface area contributed by atoms with Gasteiger partial charge in [-0.3, -0.25) is 4.79 Å². The van der Waals surface area contributed by atoms with Crippen molar-refractivity contribution in [2.24, 2.45) is 74.4 Å². The van der Waals surface area contributed by atoms with Gasteiger partial charge in [0.25, 0.3) is 0 Å². The van der Waals surface area contributed by atoms with Crippen LogP contribution in [-0.4, -0.2) is 57.4 Å². The van der Waals surface area contributed by atoms with Crippen LogP contribution in [0.3, 0.4) is 0 Å². The van der Waals surface area contributed by atoms with E-state index in [0.717, 1.165) is 113 Å². The summed E-state index contributed by atoms with van der Waals surface area (Å²) in [7, 11) is 1.76. The molecule has 7 heteroatoms. The SMILES string of the molecule is COCCc1ccc(CC2CCC(C34CC(O)C(C(CCC(=CO)C(C)C5CCCCC5)C(=O)O)C3(C)CCC3=C4CC45C=CCC6(C)C(O)CCC3(C3C=c7ccccc7=C(Cc7cccc(-c8ccc(O)cc8)c7)C3=C4)C56)CC2)cc1. The van der Waals surface area contributed by atoms with E-state index in [0.29, 0.717) is 37.7 Å². The Balaban J connectivity index is 0.939. The lowest BCUT2D eigenvalue weighted by Crippen LogP contribution is -2.68. The molecule has 0 saturated heterocycles. The number of carboxylic acid groups (broad SMARTS) is 1. The van der Waals surface area contributed by atoms with Gasteiger partial charge in [0.1, 0.15) is 5.75 Å². The molecule has 4 aromatic carbocycles.